The van der Waals surface area contributed by atoms with Gasteiger partial charge in [0.15, 0.2) is 0 Å². The second-order valence-electron chi connectivity index (χ2n) is 2.60. The first kappa shape index (κ1) is 8.26. The molecular formula is C6H10N2O3. The van der Waals surface area contributed by atoms with Crippen molar-refractivity contribution < 1.29 is 4.74 Å². The summed E-state index contributed by atoms with van der Waals surface area (Å²) in [6.07, 6.45) is 1.33. The Kier molecular flexibility index (Phi) is 3.10. The van der Waals surface area contributed by atoms with Gasteiger partial charge in [0.05, 0.1) is 12.7 Å². The second kappa shape index (κ2) is 4.12. The average molecular weight is 158 g/mol. The molecule has 0 unspecified atom stereocenters. The van der Waals surface area contributed by atoms with Crippen LogP contribution in [-0.2, 0) is 4.74 Å². The van der Waals surface area contributed by atoms with Gasteiger partial charge < -0.3 is 4.74 Å². The fourth-order valence-electron chi connectivity index (χ4n) is 1.10. The van der Waals surface area contributed by atoms with Gasteiger partial charge in [-0.3, -0.25) is 0 Å². The molecule has 0 spiro atoms. The molecule has 0 aromatic rings. The van der Waals surface area contributed by atoms with E-state index in [0.29, 0.717) is 19.4 Å². The van der Waals surface area contributed by atoms with Crippen molar-refractivity contribution >= 4 is 0 Å². The minimum Gasteiger partial charge on any atom is -0.374 e. The monoisotopic (exact) mass is 158 g/mol. The fourth-order valence-corrected chi connectivity index (χ4v) is 1.10. The second-order valence-corrected chi connectivity index (χ2v) is 2.60. The first-order valence-electron chi connectivity index (χ1n) is 3.60. The molecule has 1 fully saturated rings. The quantitative estimate of drug-likeness (QED) is 0.577. The minimum atomic E-state index is -0.224. The highest BCUT2D eigenvalue weighted by Gasteiger charge is 2.21. The lowest BCUT2D eigenvalue weighted by Gasteiger charge is -2.22. The van der Waals surface area contributed by atoms with Crippen LogP contribution >= 0.6 is 0 Å². The Hall–Kier alpha value is -0.840. The maximum atomic E-state index is 10.0. The summed E-state index contributed by atoms with van der Waals surface area (Å²) in [6, 6.07) is -0.224. The van der Waals surface area contributed by atoms with Crippen LogP contribution in [0.15, 0.2) is 10.4 Å². The molecule has 5 nitrogen and oxygen atoms in total. The van der Waals surface area contributed by atoms with Gasteiger partial charge in [-0.2, -0.15) is 9.81 Å². The summed E-state index contributed by atoms with van der Waals surface area (Å²) in [4.78, 5) is 19.8. The van der Waals surface area contributed by atoms with Crippen LogP contribution in [0, 0.1) is 9.81 Å². The van der Waals surface area contributed by atoms with E-state index in [9.17, 15) is 9.81 Å². The number of rotatable bonds is 3. The van der Waals surface area contributed by atoms with Gasteiger partial charge >= 0.3 is 0 Å². The molecule has 0 amide bonds. The zero-order chi connectivity index (χ0) is 8.10. The fraction of sp³-hybridized carbons (Fsp3) is 1.00. The maximum Gasteiger partial charge on any atom is 0.115 e. The van der Waals surface area contributed by atoms with Gasteiger partial charge in [0, 0.05) is 0 Å². The third-order valence-corrected chi connectivity index (χ3v) is 1.77. The smallest absolute Gasteiger partial charge is 0.115 e. The first-order chi connectivity index (χ1) is 5.36. The highest BCUT2D eigenvalue weighted by atomic mass is 16.5. The van der Waals surface area contributed by atoms with E-state index in [1.54, 1.807) is 0 Å². The SMILES string of the molecule is O=NC[C@@H]1CC[C@H](N=O)CO1. The van der Waals surface area contributed by atoms with E-state index in [4.69, 9.17) is 4.74 Å². The lowest BCUT2D eigenvalue weighted by molar-refractivity contribution is 0.0116. The summed E-state index contributed by atoms with van der Waals surface area (Å²) < 4.78 is 5.13. The van der Waals surface area contributed by atoms with Crippen LogP contribution in [0.3, 0.4) is 0 Å². The summed E-state index contributed by atoms with van der Waals surface area (Å²) in [6.45, 7) is 0.523. The Morgan fingerprint density at radius 1 is 1.36 bits per heavy atom. The molecule has 11 heavy (non-hydrogen) atoms. The molecular weight excluding hydrogens is 148 g/mol. The lowest BCUT2D eigenvalue weighted by Crippen LogP contribution is -2.29. The summed E-state index contributed by atoms with van der Waals surface area (Å²) in [5.41, 5.74) is 0. The number of ether oxygens (including phenoxy) is 1. The highest BCUT2D eigenvalue weighted by Crippen LogP contribution is 2.15. The van der Waals surface area contributed by atoms with Crippen molar-refractivity contribution in [3.63, 3.8) is 0 Å². The maximum absolute atomic E-state index is 10.0. The van der Waals surface area contributed by atoms with Crippen LogP contribution in [0.4, 0.5) is 0 Å². The first-order valence-corrected chi connectivity index (χ1v) is 3.60. The molecule has 0 N–H and O–H groups in total. The zero-order valence-electron chi connectivity index (χ0n) is 6.10. The van der Waals surface area contributed by atoms with Crippen LogP contribution in [0.25, 0.3) is 0 Å². The average Bonchev–Trinajstić information content (AvgIpc) is 2.07. The molecule has 0 aliphatic carbocycles. The van der Waals surface area contributed by atoms with E-state index < -0.39 is 0 Å². The van der Waals surface area contributed by atoms with Gasteiger partial charge in [-0.25, -0.2) is 0 Å². The highest BCUT2D eigenvalue weighted by molar-refractivity contribution is 4.75. The number of nitrogens with zero attached hydrogens (tertiary/aromatic N) is 2. The van der Waals surface area contributed by atoms with E-state index in [0.717, 1.165) is 0 Å². The molecule has 1 aliphatic heterocycles. The van der Waals surface area contributed by atoms with Gasteiger partial charge in [0.25, 0.3) is 0 Å². The lowest BCUT2D eigenvalue weighted by atomic mass is 10.1. The molecule has 1 rings (SSSR count). The van der Waals surface area contributed by atoms with Crippen molar-refractivity contribution in [3.8, 4) is 0 Å². The van der Waals surface area contributed by atoms with E-state index in [2.05, 4.69) is 10.4 Å². The van der Waals surface area contributed by atoms with Crippen LogP contribution in [-0.4, -0.2) is 25.3 Å². The molecule has 1 saturated heterocycles. The molecule has 5 heteroatoms. The van der Waals surface area contributed by atoms with Crippen LogP contribution in [0.1, 0.15) is 12.8 Å². The number of hydrogen-bond acceptors (Lipinski definition) is 5. The van der Waals surface area contributed by atoms with Gasteiger partial charge in [-0.1, -0.05) is 10.4 Å². The Labute approximate surface area is 64.1 Å². The molecule has 62 valence electrons. The molecule has 0 aromatic carbocycles. The molecule has 2 atom stereocenters. The van der Waals surface area contributed by atoms with E-state index in [-0.39, 0.29) is 18.7 Å². The molecule has 0 saturated carbocycles. The Bertz CT molecular complexity index is 143. The van der Waals surface area contributed by atoms with Crippen molar-refractivity contribution in [1.29, 1.82) is 0 Å². The van der Waals surface area contributed by atoms with Crippen molar-refractivity contribution in [2.75, 3.05) is 13.2 Å². The van der Waals surface area contributed by atoms with E-state index in [1.807, 2.05) is 0 Å². The number of hydrogen-bond donors (Lipinski definition) is 0. The topological polar surface area (TPSA) is 68.1 Å². The van der Waals surface area contributed by atoms with Crippen LogP contribution in [0.2, 0.25) is 0 Å². The van der Waals surface area contributed by atoms with Gasteiger partial charge in [-0.05, 0) is 12.8 Å². The molecule has 0 bridgehead atoms. The Morgan fingerprint density at radius 3 is 2.64 bits per heavy atom. The summed E-state index contributed by atoms with van der Waals surface area (Å²) in [5, 5.41) is 5.58. The van der Waals surface area contributed by atoms with Gasteiger partial charge in [-0.15, -0.1) is 0 Å². The van der Waals surface area contributed by atoms with Crippen molar-refractivity contribution in [1.82, 2.24) is 0 Å². The molecule has 1 aliphatic rings. The molecule has 0 radical (unpaired) electrons. The minimum absolute atomic E-state index is 0.0921. The number of nitroso groups, excluding NO2 is 2. The van der Waals surface area contributed by atoms with Gasteiger partial charge in [0.2, 0.25) is 0 Å². The Balaban J connectivity index is 2.23. The van der Waals surface area contributed by atoms with Gasteiger partial charge in [0.1, 0.15) is 12.6 Å². The van der Waals surface area contributed by atoms with Crippen molar-refractivity contribution in [3.05, 3.63) is 9.81 Å². The zero-order valence-corrected chi connectivity index (χ0v) is 6.10. The largest absolute Gasteiger partial charge is 0.374 e. The van der Waals surface area contributed by atoms with Crippen LogP contribution in [0.5, 0.6) is 0 Å². The Morgan fingerprint density at radius 2 is 2.18 bits per heavy atom. The third-order valence-electron chi connectivity index (χ3n) is 1.77. The molecule has 0 aromatic heterocycles. The summed E-state index contributed by atoms with van der Waals surface area (Å²) in [5.74, 6) is 0. The third kappa shape index (κ3) is 2.34. The van der Waals surface area contributed by atoms with Crippen molar-refractivity contribution in [2.24, 2.45) is 10.4 Å². The standard InChI is InChI=1S/C6H10N2O3/c9-7-3-6-2-1-5(8-10)4-11-6/h5-6H,1-4H2/t5-,6-/m0/s1. The molecule has 1 heterocycles. The van der Waals surface area contributed by atoms with E-state index >= 15 is 0 Å². The van der Waals surface area contributed by atoms with Crippen LogP contribution < -0.4 is 0 Å². The predicted molar refractivity (Wildman–Crippen MR) is 39.2 cm³/mol. The summed E-state index contributed by atoms with van der Waals surface area (Å²) >= 11 is 0. The van der Waals surface area contributed by atoms with Crippen molar-refractivity contribution in [2.45, 2.75) is 25.0 Å². The predicted octanol–water partition coefficient (Wildman–Crippen LogP) is 1.07. The summed E-state index contributed by atoms with van der Waals surface area (Å²) in [7, 11) is 0. The normalized spacial score (nSPS) is 31.3. The van der Waals surface area contributed by atoms with E-state index in [1.165, 1.54) is 0 Å².